The monoisotopic (exact) mass is 312 g/mol. The lowest BCUT2D eigenvalue weighted by Gasteiger charge is -2.21. The third-order valence-corrected chi connectivity index (χ3v) is 3.79. The number of rotatable bonds is 8. The molecule has 1 rings (SSSR count). The molecular formula is C15H28N4OS. The van der Waals surface area contributed by atoms with Gasteiger partial charge in [0.25, 0.3) is 0 Å². The van der Waals surface area contributed by atoms with E-state index in [0.717, 1.165) is 37.6 Å². The molecule has 3 N–H and O–H groups in total. The second-order valence-corrected chi connectivity index (χ2v) is 6.34. The molecule has 120 valence electrons. The zero-order chi connectivity index (χ0) is 15.7. The van der Waals surface area contributed by atoms with Crippen LogP contribution >= 0.6 is 11.3 Å². The number of guanidine groups is 1. The van der Waals surface area contributed by atoms with Crippen LogP contribution in [0.25, 0.3) is 0 Å². The van der Waals surface area contributed by atoms with Gasteiger partial charge in [0, 0.05) is 13.1 Å². The van der Waals surface area contributed by atoms with Crippen molar-refractivity contribution in [3.63, 3.8) is 0 Å². The van der Waals surface area contributed by atoms with Crippen LogP contribution in [0.2, 0.25) is 0 Å². The van der Waals surface area contributed by atoms with Crippen LogP contribution in [0.1, 0.15) is 25.8 Å². The van der Waals surface area contributed by atoms with Crippen molar-refractivity contribution >= 4 is 17.3 Å². The number of hydrogen-bond donors (Lipinski definition) is 3. The average Bonchev–Trinajstić information content (AvgIpc) is 2.95. The van der Waals surface area contributed by atoms with E-state index in [9.17, 15) is 5.11 Å². The Kier molecular flexibility index (Phi) is 7.71. The van der Waals surface area contributed by atoms with E-state index >= 15 is 0 Å². The molecule has 0 aliphatic carbocycles. The maximum atomic E-state index is 10.5. The third-order valence-electron chi connectivity index (χ3n) is 3.11. The highest BCUT2D eigenvalue weighted by atomic mass is 32.1. The zero-order valence-corrected chi connectivity index (χ0v) is 14.3. The van der Waals surface area contributed by atoms with E-state index in [1.165, 1.54) is 0 Å². The van der Waals surface area contributed by atoms with Gasteiger partial charge in [-0.05, 0) is 63.3 Å². The molecule has 1 heterocycles. The predicted octanol–water partition coefficient (Wildman–Crippen LogP) is 1.46. The van der Waals surface area contributed by atoms with Gasteiger partial charge in [-0.25, -0.2) is 4.99 Å². The molecule has 0 aromatic carbocycles. The van der Waals surface area contributed by atoms with E-state index in [1.807, 2.05) is 23.8 Å². The molecule has 1 unspecified atom stereocenters. The summed E-state index contributed by atoms with van der Waals surface area (Å²) in [4.78, 5) is 6.65. The fraction of sp³-hybridized carbons (Fsp3) is 0.667. The number of aliphatic imine (C=N–C) groups is 1. The topological polar surface area (TPSA) is 59.9 Å². The predicted molar refractivity (Wildman–Crippen MR) is 91.0 cm³/mol. The second-order valence-electron chi connectivity index (χ2n) is 5.56. The van der Waals surface area contributed by atoms with E-state index in [1.54, 1.807) is 18.3 Å². The first-order valence-corrected chi connectivity index (χ1v) is 8.32. The van der Waals surface area contributed by atoms with Gasteiger partial charge in [0.05, 0.1) is 6.54 Å². The van der Waals surface area contributed by atoms with Crippen molar-refractivity contribution in [2.75, 3.05) is 40.3 Å². The number of nitrogens with zero attached hydrogens (tertiary/aromatic N) is 2. The average molecular weight is 312 g/mol. The van der Waals surface area contributed by atoms with Crippen LogP contribution in [0, 0.1) is 0 Å². The number of aliphatic hydroxyl groups is 1. The van der Waals surface area contributed by atoms with Gasteiger partial charge in [-0.2, -0.15) is 11.3 Å². The van der Waals surface area contributed by atoms with Crippen LogP contribution in [0.5, 0.6) is 0 Å². The summed E-state index contributed by atoms with van der Waals surface area (Å²) in [6.45, 7) is 6.89. The van der Waals surface area contributed by atoms with Crippen LogP contribution in [0.3, 0.4) is 0 Å². The molecule has 0 saturated heterocycles. The van der Waals surface area contributed by atoms with Crippen molar-refractivity contribution in [1.82, 2.24) is 15.5 Å². The van der Waals surface area contributed by atoms with Crippen molar-refractivity contribution < 1.29 is 5.11 Å². The molecule has 0 amide bonds. The lowest BCUT2D eigenvalue weighted by atomic mass is 10.00. The lowest BCUT2D eigenvalue weighted by Crippen LogP contribution is -2.39. The van der Waals surface area contributed by atoms with E-state index in [-0.39, 0.29) is 0 Å². The summed E-state index contributed by atoms with van der Waals surface area (Å²) in [5, 5.41) is 20.9. The highest BCUT2D eigenvalue weighted by Crippen LogP contribution is 2.23. The Morgan fingerprint density at radius 2 is 2.19 bits per heavy atom. The normalized spacial score (nSPS) is 15.0. The van der Waals surface area contributed by atoms with Gasteiger partial charge >= 0.3 is 0 Å². The van der Waals surface area contributed by atoms with Gasteiger partial charge in [-0.3, -0.25) is 0 Å². The van der Waals surface area contributed by atoms with E-state index in [0.29, 0.717) is 6.54 Å². The van der Waals surface area contributed by atoms with Crippen LogP contribution in [0.4, 0.5) is 0 Å². The summed E-state index contributed by atoms with van der Waals surface area (Å²) in [5.74, 6) is 0.756. The highest BCUT2D eigenvalue weighted by Gasteiger charge is 2.23. The minimum Gasteiger partial charge on any atom is -0.383 e. The lowest BCUT2D eigenvalue weighted by molar-refractivity contribution is 0.0677. The Bertz CT molecular complexity index is 415. The maximum absolute atomic E-state index is 10.5. The molecule has 1 aromatic heterocycles. The molecule has 0 aliphatic heterocycles. The minimum atomic E-state index is -0.925. The van der Waals surface area contributed by atoms with Crippen LogP contribution < -0.4 is 10.6 Å². The van der Waals surface area contributed by atoms with Gasteiger partial charge in [0.2, 0.25) is 0 Å². The number of thiophene rings is 1. The van der Waals surface area contributed by atoms with Gasteiger partial charge in [-0.15, -0.1) is 0 Å². The minimum absolute atomic E-state index is 0.340. The first kappa shape index (κ1) is 17.9. The zero-order valence-electron chi connectivity index (χ0n) is 13.5. The van der Waals surface area contributed by atoms with E-state index < -0.39 is 5.60 Å². The molecule has 1 atom stereocenters. The summed E-state index contributed by atoms with van der Waals surface area (Å²) >= 11 is 1.59. The quantitative estimate of drug-likeness (QED) is 0.386. The third kappa shape index (κ3) is 6.93. The molecule has 0 aliphatic rings. The summed E-state index contributed by atoms with van der Waals surface area (Å²) in [6, 6.07) is 1.94. The van der Waals surface area contributed by atoms with Gasteiger partial charge in [-0.1, -0.05) is 0 Å². The van der Waals surface area contributed by atoms with E-state index in [2.05, 4.69) is 34.6 Å². The van der Waals surface area contributed by atoms with Crippen molar-refractivity contribution in [3.05, 3.63) is 22.4 Å². The SMILES string of the molecule is CCNC(=NCC(C)(O)c1ccsc1)NCCCN(C)C. The Morgan fingerprint density at radius 3 is 2.76 bits per heavy atom. The largest absolute Gasteiger partial charge is 0.383 e. The Labute approximate surface area is 132 Å². The fourth-order valence-electron chi connectivity index (χ4n) is 1.84. The first-order valence-electron chi connectivity index (χ1n) is 7.37. The van der Waals surface area contributed by atoms with Crippen molar-refractivity contribution in [2.24, 2.45) is 4.99 Å². The molecule has 0 saturated carbocycles. The molecule has 0 fully saturated rings. The van der Waals surface area contributed by atoms with Gasteiger partial charge in [0.15, 0.2) is 5.96 Å². The molecule has 1 aromatic rings. The van der Waals surface area contributed by atoms with Crippen molar-refractivity contribution in [2.45, 2.75) is 25.9 Å². The molecule has 0 bridgehead atoms. The fourth-order valence-corrected chi connectivity index (χ4v) is 2.62. The van der Waals surface area contributed by atoms with Crippen molar-refractivity contribution in [1.29, 1.82) is 0 Å². The van der Waals surface area contributed by atoms with Crippen LogP contribution in [-0.2, 0) is 5.60 Å². The summed E-state index contributed by atoms with van der Waals surface area (Å²) in [7, 11) is 4.13. The highest BCUT2D eigenvalue weighted by molar-refractivity contribution is 7.08. The van der Waals surface area contributed by atoms with Gasteiger partial charge < -0.3 is 20.6 Å². The number of hydrogen-bond acceptors (Lipinski definition) is 4. The Balaban J connectivity index is 2.51. The summed E-state index contributed by atoms with van der Waals surface area (Å²) < 4.78 is 0. The Morgan fingerprint density at radius 1 is 1.43 bits per heavy atom. The Hall–Kier alpha value is -1.11. The van der Waals surface area contributed by atoms with Crippen LogP contribution in [-0.4, -0.2) is 56.2 Å². The molecule has 5 nitrogen and oxygen atoms in total. The number of nitrogens with one attached hydrogen (secondary N) is 2. The van der Waals surface area contributed by atoms with E-state index in [4.69, 9.17) is 0 Å². The van der Waals surface area contributed by atoms with Gasteiger partial charge in [0.1, 0.15) is 5.60 Å². The molecule has 0 radical (unpaired) electrons. The molecule has 0 spiro atoms. The maximum Gasteiger partial charge on any atom is 0.191 e. The first-order chi connectivity index (χ1) is 9.95. The van der Waals surface area contributed by atoms with Crippen LogP contribution in [0.15, 0.2) is 21.8 Å². The summed E-state index contributed by atoms with van der Waals surface area (Å²) in [6.07, 6.45) is 1.05. The summed E-state index contributed by atoms with van der Waals surface area (Å²) in [5.41, 5.74) is -0.00822. The smallest absolute Gasteiger partial charge is 0.191 e. The molecular weight excluding hydrogens is 284 g/mol. The molecule has 6 heteroatoms. The second kappa shape index (κ2) is 9.02. The van der Waals surface area contributed by atoms with Crippen molar-refractivity contribution in [3.8, 4) is 0 Å². The molecule has 21 heavy (non-hydrogen) atoms. The standard InChI is InChI=1S/C15H28N4OS/c1-5-16-14(17-8-6-9-19(3)4)18-12-15(2,20)13-7-10-21-11-13/h7,10-11,20H,5-6,8-9,12H2,1-4H3,(H2,16,17,18).